The second-order valence-corrected chi connectivity index (χ2v) is 6.03. The summed E-state index contributed by atoms with van der Waals surface area (Å²) in [6, 6.07) is 6.78. The summed E-state index contributed by atoms with van der Waals surface area (Å²) >= 11 is 4.53. The van der Waals surface area contributed by atoms with E-state index >= 15 is 0 Å². The van der Waals surface area contributed by atoms with Crippen molar-refractivity contribution in [3.05, 3.63) is 29.3 Å². The molecule has 0 heterocycles. The summed E-state index contributed by atoms with van der Waals surface area (Å²) in [6.45, 7) is 5.48. The highest BCUT2D eigenvalue weighted by molar-refractivity contribution is 7.80. The van der Waals surface area contributed by atoms with E-state index in [2.05, 4.69) is 56.6 Å². The van der Waals surface area contributed by atoms with Gasteiger partial charge in [-0.25, -0.2) is 0 Å². The zero-order chi connectivity index (χ0) is 12.5. The van der Waals surface area contributed by atoms with Crippen LogP contribution in [0.25, 0.3) is 0 Å². The Morgan fingerprint density at radius 1 is 1.18 bits per heavy atom. The van der Waals surface area contributed by atoms with Crippen molar-refractivity contribution in [1.82, 2.24) is 0 Å². The molecule has 0 aliphatic heterocycles. The lowest BCUT2D eigenvalue weighted by Gasteiger charge is -2.44. The number of rotatable bonds is 4. The van der Waals surface area contributed by atoms with Gasteiger partial charge in [0.25, 0.3) is 0 Å². The Morgan fingerprint density at radius 3 is 2.18 bits per heavy atom. The summed E-state index contributed by atoms with van der Waals surface area (Å²) in [5.41, 5.74) is 4.51. The topological polar surface area (TPSA) is 3.24 Å². The molecule has 0 unspecified atom stereocenters. The number of aryl methyl sites for hydroxylation is 2. The molecule has 0 radical (unpaired) electrons. The molecule has 0 atom stereocenters. The van der Waals surface area contributed by atoms with Gasteiger partial charge in [-0.15, -0.1) is 0 Å². The van der Waals surface area contributed by atoms with E-state index < -0.39 is 0 Å². The molecule has 0 amide bonds. The van der Waals surface area contributed by atoms with Gasteiger partial charge in [0.2, 0.25) is 0 Å². The van der Waals surface area contributed by atoms with Crippen molar-refractivity contribution >= 4 is 18.3 Å². The molecule has 0 aromatic heterocycles. The van der Waals surface area contributed by atoms with E-state index in [4.69, 9.17) is 0 Å². The minimum Gasteiger partial charge on any atom is -0.374 e. The van der Waals surface area contributed by atoms with Crippen molar-refractivity contribution in [2.75, 3.05) is 24.2 Å². The van der Waals surface area contributed by atoms with Gasteiger partial charge in [-0.3, -0.25) is 0 Å². The largest absolute Gasteiger partial charge is 0.374 e. The first-order chi connectivity index (χ1) is 8.04. The quantitative estimate of drug-likeness (QED) is 0.794. The van der Waals surface area contributed by atoms with Gasteiger partial charge in [0, 0.05) is 19.3 Å². The van der Waals surface area contributed by atoms with Crippen molar-refractivity contribution in [3.63, 3.8) is 0 Å². The maximum atomic E-state index is 4.53. The lowest BCUT2D eigenvalue weighted by Crippen LogP contribution is -2.42. The lowest BCUT2D eigenvalue weighted by atomic mass is 9.70. The molecule has 1 aromatic rings. The first-order valence-electron chi connectivity index (χ1n) is 6.45. The fourth-order valence-corrected chi connectivity index (χ4v) is 3.22. The summed E-state index contributed by atoms with van der Waals surface area (Å²) in [6.07, 6.45) is 4.05. The maximum absolute atomic E-state index is 4.53. The zero-order valence-electron chi connectivity index (χ0n) is 11.2. The molecule has 1 aliphatic rings. The van der Waals surface area contributed by atoms with E-state index in [9.17, 15) is 0 Å². The summed E-state index contributed by atoms with van der Waals surface area (Å²) in [5.74, 6) is 1.02. The first kappa shape index (κ1) is 12.8. The Kier molecular flexibility index (Phi) is 3.72. The zero-order valence-corrected chi connectivity index (χ0v) is 12.1. The molecule has 0 bridgehead atoms. The number of hydrogen-bond acceptors (Lipinski definition) is 2. The third kappa shape index (κ3) is 2.79. The van der Waals surface area contributed by atoms with Crippen LogP contribution in [0.5, 0.6) is 0 Å². The van der Waals surface area contributed by atoms with E-state index in [1.54, 1.807) is 0 Å². The second kappa shape index (κ2) is 4.93. The molecule has 1 aliphatic carbocycles. The van der Waals surface area contributed by atoms with Gasteiger partial charge in [-0.1, -0.05) is 12.5 Å². The molecule has 2 heteroatoms. The van der Waals surface area contributed by atoms with Crippen LogP contribution in [0.3, 0.4) is 0 Å². The van der Waals surface area contributed by atoms with Crippen molar-refractivity contribution in [1.29, 1.82) is 0 Å². The highest BCUT2D eigenvalue weighted by atomic mass is 32.1. The normalized spacial score (nSPS) is 17.6. The Labute approximate surface area is 111 Å². The van der Waals surface area contributed by atoms with Gasteiger partial charge in [-0.2, -0.15) is 12.6 Å². The second-order valence-electron chi connectivity index (χ2n) is 5.71. The standard InChI is InChI=1S/C15H23NS/c1-12-7-13(2)9-14(8-12)16(3)10-15(11-17)5-4-6-15/h7-9,17H,4-6,10-11H2,1-3H3. The van der Waals surface area contributed by atoms with Gasteiger partial charge in [0.15, 0.2) is 0 Å². The van der Waals surface area contributed by atoms with Gasteiger partial charge >= 0.3 is 0 Å². The smallest absolute Gasteiger partial charge is 0.0369 e. The van der Waals surface area contributed by atoms with Crippen LogP contribution < -0.4 is 4.90 Å². The Morgan fingerprint density at radius 2 is 1.76 bits per heavy atom. The van der Waals surface area contributed by atoms with Crippen molar-refractivity contribution in [2.24, 2.45) is 5.41 Å². The minimum absolute atomic E-state index is 0.468. The highest BCUT2D eigenvalue weighted by Gasteiger charge is 2.36. The SMILES string of the molecule is Cc1cc(C)cc(N(C)CC2(CS)CCC2)c1. The lowest BCUT2D eigenvalue weighted by molar-refractivity contribution is 0.178. The van der Waals surface area contributed by atoms with Crippen molar-refractivity contribution in [2.45, 2.75) is 33.1 Å². The molecule has 1 saturated carbocycles. The van der Waals surface area contributed by atoms with Crippen LogP contribution in [0, 0.1) is 19.3 Å². The van der Waals surface area contributed by atoms with Crippen molar-refractivity contribution < 1.29 is 0 Å². The third-order valence-corrected chi connectivity index (χ3v) is 4.64. The number of anilines is 1. The van der Waals surface area contributed by atoms with Crippen molar-refractivity contribution in [3.8, 4) is 0 Å². The van der Waals surface area contributed by atoms with Gasteiger partial charge in [0.1, 0.15) is 0 Å². The van der Waals surface area contributed by atoms with E-state index in [0.29, 0.717) is 5.41 Å². The van der Waals surface area contributed by atoms with Crippen LogP contribution in [0.1, 0.15) is 30.4 Å². The molecule has 0 saturated heterocycles. The summed E-state index contributed by atoms with van der Waals surface area (Å²) in [7, 11) is 2.21. The molecule has 17 heavy (non-hydrogen) atoms. The van der Waals surface area contributed by atoms with Crippen LogP contribution in [0.2, 0.25) is 0 Å². The molecule has 2 rings (SSSR count). The molecule has 0 spiro atoms. The molecule has 0 N–H and O–H groups in total. The van der Waals surface area contributed by atoms with Crippen LogP contribution in [-0.4, -0.2) is 19.3 Å². The minimum atomic E-state index is 0.468. The van der Waals surface area contributed by atoms with E-state index in [0.717, 1.165) is 12.3 Å². The molecular weight excluding hydrogens is 226 g/mol. The average Bonchev–Trinajstić information content (AvgIpc) is 2.21. The molecule has 1 aromatic carbocycles. The summed E-state index contributed by atoms with van der Waals surface area (Å²) < 4.78 is 0. The Balaban J connectivity index is 2.11. The van der Waals surface area contributed by atoms with Crippen LogP contribution >= 0.6 is 12.6 Å². The predicted octanol–water partition coefficient (Wildman–Crippen LogP) is 3.84. The molecule has 94 valence electrons. The molecular formula is C15H23NS. The van der Waals surface area contributed by atoms with Crippen LogP contribution in [0.15, 0.2) is 18.2 Å². The average molecular weight is 249 g/mol. The number of benzene rings is 1. The number of hydrogen-bond donors (Lipinski definition) is 1. The summed E-state index contributed by atoms with van der Waals surface area (Å²) in [4.78, 5) is 2.40. The van der Waals surface area contributed by atoms with Gasteiger partial charge in [-0.05, 0) is 61.1 Å². The Hall–Kier alpha value is -0.630. The third-order valence-electron chi connectivity index (χ3n) is 3.97. The summed E-state index contributed by atoms with van der Waals surface area (Å²) in [5, 5.41) is 0. The fourth-order valence-electron chi connectivity index (χ4n) is 2.81. The highest BCUT2D eigenvalue weighted by Crippen LogP contribution is 2.42. The van der Waals surface area contributed by atoms with E-state index in [1.165, 1.54) is 36.1 Å². The van der Waals surface area contributed by atoms with E-state index in [-0.39, 0.29) is 0 Å². The molecule has 1 nitrogen and oxygen atoms in total. The number of thiol groups is 1. The van der Waals surface area contributed by atoms with E-state index in [1.807, 2.05) is 0 Å². The fraction of sp³-hybridized carbons (Fsp3) is 0.600. The van der Waals surface area contributed by atoms with Gasteiger partial charge < -0.3 is 4.90 Å². The number of nitrogens with zero attached hydrogens (tertiary/aromatic N) is 1. The van der Waals surface area contributed by atoms with Crippen LogP contribution in [-0.2, 0) is 0 Å². The molecule has 1 fully saturated rings. The first-order valence-corrected chi connectivity index (χ1v) is 7.08. The van der Waals surface area contributed by atoms with Gasteiger partial charge in [0.05, 0.1) is 0 Å². The monoisotopic (exact) mass is 249 g/mol. The Bertz CT molecular complexity index is 370. The maximum Gasteiger partial charge on any atom is 0.0369 e. The predicted molar refractivity (Wildman–Crippen MR) is 79.3 cm³/mol. The van der Waals surface area contributed by atoms with Crippen LogP contribution in [0.4, 0.5) is 5.69 Å².